The molecule has 13 heteroatoms. The maximum atomic E-state index is 13.1. The molecule has 0 aliphatic carbocycles. The Balaban J connectivity index is 1.60. The Labute approximate surface area is 204 Å². The van der Waals surface area contributed by atoms with Gasteiger partial charge in [0.25, 0.3) is 0 Å². The lowest BCUT2D eigenvalue weighted by Gasteiger charge is -2.42. The van der Waals surface area contributed by atoms with Crippen LogP contribution in [0.15, 0.2) is 18.5 Å². The third-order valence-electron chi connectivity index (χ3n) is 6.17. The Bertz CT molecular complexity index is 1000. The molecule has 1 amide bonds. The molecule has 2 aliphatic rings. The standard InChI is InChI=1S/C22H33N9O4/c1-22(2,3)35-21(33)30-10-5-7-16(30)18(19-25-26-27-31(19)15-17(32)34-4)28-11-13-29(14-12-28)20-23-8-6-9-24-20/h6,8-9,16,18H,5,7,10-15H2,1-4H3/t16-,18?/m1/s1. The quantitative estimate of drug-likeness (QED) is 0.538. The van der Waals surface area contributed by atoms with Gasteiger partial charge in [0.05, 0.1) is 19.2 Å². The van der Waals surface area contributed by atoms with E-state index in [1.165, 1.54) is 11.8 Å². The molecule has 2 aromatic rings. The van der Waals surface area contributed by atoms with Crippen molar-refractivity contribution >= 4 is 18.0 Å². The summed E-state index contributed by atoms with van der Waals surface area (Å²) in [6, 6.07) is 1.28. The second kappa shape index (κ2) is 10.5. The van der Waals surface area contributed by atoms with Gasteiger partial charge in [-0.2, -0.15) is 0 Å². The fourth-order valence-corrected chi connectivity index (χ4v) is 4.62. The molecule has 0 bridgehead atoms. The van der Waals surface area contributed by atoms with Gasteiger partial charge in [-0.1, -0.05) is 0 Å². The second-order valence-corrected chi connectivity index (χ2v) is 9.67. The van der Waals surface area contributed by atoms with E-state index in [2.05, 4.69) is 35.3 Å². The van der Waals surface area contributed by atoms with Gasteiger partial charge in [0.2, 0.25) is 5.95 Å². The number of amides is 1. The third kappa shape index (κ3) is 5.84. The van der Waals surface area contributed by atoms with E-state index in [4.69, 9.17) is 9.47 Å². The van der Waals surface area contributed by atoms with Crippen molar-refractivity contribution in [3.63, 3.8) is 0 Å². The van der Waals surface area contributed by atoms with Gasteiger partial charge in [-0.3, -0.25) is 9.69 Å². The Hall–Kier alpha value is -3.35. The smallest absolute Gasteiger partial charge is 0.410 e. The van der Waals surface area contributed by atoms with Crippen LogP contribution in [0, 0.1) is 0 Å². The van der Waals surface area contributed by atoms with Crippen molar-refractivity contribution in [1.29, 1.82) is 0 Å². The zero-order chi connectivity index (χ0) is 25.0. The monoisotopic (exact) mass is 487 g/mol. The number of carbonyl (C=O) groups excluding carboxylic acids is 2. The van der Waals surface area contributed by atoms with Crippen molar-refractivity contribution in [1.82, 2.24) is 40.0 Å². The SMILES string of the molecule is COC(=O)Cn1nnnc1C([C@H]1CCCN1C(=O)OC(C)(C)C)N1CCN(c2ncccn2)CC1. The molecule has 0 spiro atoms. The zero-order valence-electron chi connectivity index (χ0n) is 20.7. The lowest BCUT2D eigenvalue weighted by atomic mass is 10.0. The average molecular weight is 488 g/mol. The van der Waals surface area contributed by atoms with Crippen LogP contribution in [0.3, 0.4) is 0 Å². The van der Waals surface area contributed by atoms with Crippen LogP contribution >= 0.6 is 0 Å². The number of hydrogen-bond donors (Lipinski definition) is 0. The summed E-state index contributed by atoms with van der Waals surface area (Å²) < 4.78 is 12.0. The summed E-state index contributed by atoms with van der Waals surface area (Å²) in [6.45, 7) is 8.84. The molecule has 2 aromatic heterocycles. The van der Waals surface area contributed by atoms with E-state index in [1.54, 1.807) is 23.4 Å². The number of aromatic nitrogens is 6. The van der Waals surface area contributed by atoms with E-state index < -0.39 is 11.6 Å². The summed E-state index contributed by atoms with van der Waals surface area (Å²) in [7, 11) is 1.33. The summed E-state index contributed by atoms with van der Waals surface area (Å²) in [5.74, 6) is 0.773. The molecule has 2 aliphatic heterocycles. The minimum Gasteiger partial charge on any atom is -0.468 e. The van der Waals surface area contributed by atoms with Gasteiger partial charge >= 0.3 is 12.1 Å². The van der Waals surface area contributed by atoms with Crippen LogP contribution in [0.2, 0.25) is 0 Å². The summed E-state index contributed by atoms with van der Waals surface area (Å²) in [5, 5.41) is 12.2. The first-order chi connectivity index (χ1) is 16.8. The first-order valence-electron chi connectivity index (χ1n) is 11.9. The van der Waals surface area contributed by atoms with Crippen molar-refractivity contribution in [2.45, 2.75) is 57.8 Å². The number of nitrogens with zero attached hydrogens (tertiary/aromatic N) is 9. The van der Waals surface area contributed by atoms with E-state index in [0.717, 1.165) is 12.8 Å². The van der Waals surface area contributed by atoms with Crippen molar-refractivity contribution in [2.24, 2.45) is 0 Å². The Kier molecular flexibility index (Phi) is 7.43. The molecule has 2 saturated heterocycles. The highest BCUT2D eigenvalue weighted by Gasteiger charge is 2.43. The van der Waals surface area contributed by atoms with Crippen LogP contribution < -0.4 is 4.90 Å². The van der Waals surface area contributed by atoms with E-state index in [9.17, 15) is 9.59 Å². The number of likely N-dealkylation sites (tertiary alicyclic amines) is 1. The molecule has 0 aromatic carbocycles. The highest BCUT2D eigenvalue weighted by molar-refractivity contribution is 5.69. The molecule has 2 fully saturated rings. The number of carbonyl (C=O) groups is 2. The van der Waals surface area contributed by atoms with Crippen LogP contribution in [0.1, 0.15) is 45.5 Å². The number of tetrazole rings is 1. The van der Waals surface area contributed by atoms with Gasteiger partial charge in [0.15, 0.2) is 5.82 Å². The number of methoxy groups -OCH3 is 1. The summed E-state index contributed by atoms with van der Waals surface area (Å²) in [5.41, 5.74) is -0.604. The maximum absolute atomic E-state index is 13.1. The van der Waals surface area contributed by atoms with Crippen molar-refractivity contribution in [2.75, 3.05) is 44.7 Å². The molecule has 4 rings (SSSR count). The predicted octanol–water partition coefficient (Wildman–Crippen LogP) is 0.899. The number of piperazine rings is 1. The minimum absolute atomic E-state index is 0.105. The highest BCUT2D eigenvalue weighted by atomic mass is 16.6. The molecule has 0 N–H and O–H groups in total. The number of ether oxygens (including phenoxy) is 2. The van der Waals surface area contributed by atoms with Crippen molar-refractivity contribution < 1.29 is 19.1 Å². The lowest BCUT2D eigenvalue weighted by Crippen LogP contribution is -2.54. The molecule has 190 valence electrons. The third-order valence-corrected chi connectivity index (χ3v) is 6.17. The molecule has 1 unspecified atom stereocenters. The van der Waals surface area contributed by atoms with Crippen LogP contribution in [-0.2, 0) is 20.8 Å². The Morgan fingerprint density at radius 2 is 1.83 bits per heavy atom. The zero-order valence-corrected chi connectivity index (χ0v) is 20.7. The van der Waals surface area contributed by atoms with Gasteiger partial charge in [-0.15, -0.1) is 5.10 Å². The summed E-state index contributed by atoms with van der Waals surface area (Å²) in [6.07, 6.45) is 4.73. The van der Waals surface area contributed by atoms with Crippen LogP contribution in [0.5, 0.6) is 0 Å². The van der Waals surface area contributed by atoms with Gasteiger partial charge in [0.1, 0.15) is 12.1 Å². The average Bonchev–Trinajstić information content (AvgIpc) is 3.50. The van der Waals surface area contributed by atoms with Gasteiger partial charge in [0, 0.05) is 45.1 Å². The molecule has 2 atom stereocenters. The van der Waals surface area contributed by atoms with Crippen molar-refractivity contribution in [3.8, 4) is 0 Å². The Morgan fingerprint density at radius 3 is 2.49 bits per heavy atom. The molecule has 0 saturated carbocycles. The van der Waals surface area contributed by atoms with E-state index in [-0.39, 0.29) is 24.7 Å². The summed E-state index contributed by atoms with van der Waals surface area (Å²) in [4.78, 5) is 40.0. The van der Waals surface area contributed by atoms with E-state index in [0.29, 0.717) is 44.5 Å². The second-order valence-electron chi connectivity index (χ2n) is 9.67. The molecule has 4 heterocycles. The topological polar surface area (TPSA) is 132 Å². The van der Waals surface area contributed by atoms with E-state index in [1.807, 2.05) is 20.8 Å². The highest BCUT2D eigenvalue weighted by Crippen LogP contribution is 2.35. The number of hydrogen-bond acceptors (Lipinski definition) is 11. The van der Waals surface area contributed by atoms with Gasteiger partial charge in [-0.05, 0) is 50.1 Å². The Morgan fingerprint density at radius 1 is 1.11 bits per heavy atom. The molecule has 13 nitrogen and oxygen atoms in total. The minimum atomic E-state index is -0.604. The predicted molar refractivity (Wildman–Crippen MR) is 124 cm³/mol. The normalized spacial score (nSPS) is 20.1. The van der Waals surface area contributed by atoms with E-state index >= 15 is 0 Å². The van der Waals surface area contributed by atoms with Gasteiger partial charge in [-0.25, -0.2) is 19.4 Å². The number of esters is 1. The van der Waals surface area contributed by atoms with Gasteiger partial charge < -0.3 is 19.3 Å². The first-order valence-corrected chi connectivity index (χ1v) is 11.9. The number of rotatable bonds is 6. The van der Waals surface area contributed by atoms with Crippen LogP contribution in [0.25, 0.3) is 0 Å². The lowest BCUT2D eigenvalue weighted by molar-refractivity contribution is -0.141. The maximum Gasteiger partial charge on any atom is 0.410 e. The molecule has 35 heavy (non-hydrogen) atoms. The first kappa shape index (κ1) is 24.8. The van der Waals surface area contributed by atoms with Crippen molar-refractivity contribution in [3.05, 3.63) is 24.3 Å². The van der Waals surface area contributed by atoms with Crippen LogP contribution in [-0.4, -0.2) is 104 Å². The fraction of sp³-hybridized carbons (Fsp3) is 0.682. The summed E-state index contributed by atoms with van der Waals surface area (Å²) >= 11 is 0. The molecule has 0 radical (unpaired) electrons. The molecular formula is C22H33N9O4. The number of anilines is 1. The fourth-order valence-electron chi connectivity index (χ4n) is 4.62. The molecular weight excluding hydrogens is 454 g/mol. The largest absolute Gasteiger partial charge is 0.468 e. The van der Waals surface area contributed by atoms with Crippen LogP contribution in [0.4, 0.5) is 10.7 Å².